The second-order valence-electron chi connectivity index (χ2n) is 9.41. The topological polar surface area (TPSA) is 59.8 Å². The summed E-state index contributed by atoms with van der Waals surface area (Å²) in [5, 5.41) is 3.60. The van der Waals surface area contributed by atoms with Gasteiger partial charge in [0, 0.05) is 24.6 Å². The van der Waals surface area contributed by atoms with Gasteiger partial charge >= 0.3 is 6.18 Å². The number of halogens is 3. The van der Waals surface area contributed by atoms with E-state index in [1.165, 1.54) is 6.07 Å². The number of ether oxygens (including phenoxy) is 2. The number of nitrogens with zero attached hydrogens (tertiary/aromatic N) is 2. The maximum absolute atomic E-state index is 13.3. The van der Waals surface area contributed by atoms with Gasteiger partial charge in [0.1, 0.15) is 17.9 Å². The third-order valence-corrected chi connectivity index (χ3v) is 6.88. The third kappa shape index (κ3) is 4.01. The summed E-state index contributed by atoms with van der Waals surface area (Å²) in [5.41, 5.74) is 2.22. The van der Waals surface area contributed by atoms with Crippen LogP contribution in [-0.2, 0) is 10.9 Å². The van der Waals surface area contributed by atoms with E-state index in [0.29, 0.717) is 23.7 Å². The first kappa shape index (κ1) is 21.7. The number of anilines is 1. The number of hydrogen-bond donors (Lipinski definition) is 1. The molecule has 0 radical (unpaired) electrons. The Morgan fingerprint density at radius 1 is 1.15 bits per heavy atom. The van der Waals surface area contributed by atoms with Gasteiger partial charge in [0.2, 0.25) is 0 Å². The zero-order valence-corrected chi connectivity index (χ0v) is 18.8. The first-order valence-corrected chi connectivity index (χ1v) is 11.7. The lowest BCUT2D eigenvalue weighted by atomic mass is 9.93. The predicted molar refractivity (Wildman–Crippen MR) is 120 cm³/mol. The lowest BCUT2D eigenvalue weighted by Gasteiger charge is -2.44. The van der Waals surface area contributed by atoms with Gasteiger partial charge in [0.05, 0.1) is 36.0 Å². The Bertz CT molecular complexity index is 1210. The molecule has 2 fully saturated rings. The van der Waals surface area contributed by atoms with Gasteiger partial charge in [0.15, 0.2) is 11.5 Å². The molecule has 0 bridgehead atoms. The summed E-state index contributed by atoms with van der Waals surface area (Å²) < 4.78 is 57.8. The van der Waals surface area contributed by atoms with Gasteiger partial charge in [-0.1, -0.05) is 12.1 Å². The third-order valence-electron chi connectivity index (χ3n) is 6.88. The van der Waals surface area contributed by atoms with Crippen molar-refractivity contribution in [3.8, 4) is 5.75 Å². The van der Waals surface area contributed by atoms with Crippen LogP contribution in [0.15, 0.2) is 40.8 Å². The lowest BCUT2D eigenvalue weighted by molar-refractivity contribution is -0.137. The van der Waals surface area contributed by atoms with Crippen LogP contribution in [0, 0.1) is 0 Å². The molecule has 1 aromatic heterocycles. The van der Waals surface area contributed by atoms with E-state index < -0.39 is 11.7 Å². The number of morpholine rings is 1. The van der Waals surface area contributed by atoms with Crippen molar-refractivity contribution in [3.05, 3.63) is 53.4 Å². The van der Waals surface area contributed by atoms with Crippen molar-refractivity contribution in [3.63, 3.8) is 0 Å². The van der Waals surface area contributed by atoms with Crippen LogP contribution in [0.5, 0.6) is 5.75 Å². The van der Waals surface area contributed by atoms with Gasteiger partial charge in [-0.2, -0.15) is 13.2 Å². The zero-order chi connectivity index (χ0) is 23.4. The number of nitrogens with one attached hydrogen (secondary N) is 1. The molecule has 1 aliphatic carbocycles. The van der Waals surface area contributed by atoms with E-state index in [4.69, 9.17) is 13.9 Å². The molecule has 1 saturated carbocycles. The summed E-state index contributed by atoms with van der Waals surface area (Å²) in [4.78, 5) is 6.94. The molecule has 0 unspecified atom stereocenters. The summed E-state index contributed by atoms with van der Waals surface area (Å²) in [5.74, 6) is 1.39. The molecule has 180 valence electrons. The molecule has 1 saturated heterocycles. The number of rotatable bonds is 4. The largest absolute Gasteiger partial charge is 0.491 e. The SMILES string of the molecule is C[C@@H]1CN([C@H]2COc3cc(C(F)(F)F)ccc3[C@@H]2Nc2cccc3nc(C4CC4)oc23)CCO1. The number of aromatic nitrogens is 1. The fraction of sp³-hybridized carbons (Fsp3) is 0.480. The second-order valence-corrected chi connectivity index (χ2v) is 9.41. The van der Waals surface area contributed by atoms with E-state index in [2.05, 4.69) is 15.2 Å². The van der Waals surface area contributed by atoms with Gasteiger partial charge in [-0.3, -0.25) is 4.90 Å². The Morgan fingerprint density at radius 3 is 2.76 bits per heavy atom. The Morgan fingerprint density at radius 2 is 2.00 bits per heavy atom. The molecule has 0 amide bonds. The standard InChI is InChI=1S/C25H26F3N3O3/c1-14-12-31(9-10-32-14)20-13-33-21-11-16(25(26,27)28)7-8-17(21)22(20)29-18-3-2-4-19-23(18)34-24(30-19)15-5-6-15/h2-4,7-8,11,14-15,20,22,29H,5-6,9-10,12-13H2,1H3/t14-,20+,22+/m1/s1. The summed E-state index contributed by atoms with van der Waals surface area (Å²) in [6.07, 6.45) is -2.19. The highest BCUT2D eigenvalue weighted by molar-refractivity contribution is 5.86. The van der Waals surface area contributed by atoms with Crippen molar-refractivity contribution < 1.29 is 27.1 Å². The van der Waals surface area contributed by atoms with Gasteiger partial charge in [-0.25, -0.2) is 4.98 Å². The highest BCUT2D eigenvalue weighted by Gasteiger charge is 2.39. The monoisotopic (exact) mass is 473 g/mol. The van der Waals surface area contributed by atoms with Crippen LogP contribution >= 0.6 is 0 Å². The summed E-state index contributed by atoms with van der Waals surface area (Å²) >= 11 is 0. The van der Waals surface area contributed by atoms with E-state index in [0.717, 1.165) is 55.2 Å². The quantitative estimate of drug-likeness (QED) is 0.551. The Kier molecular flexibility index (Phi) is 5.22. The molecule has 6 rings (SSSR count). The second kappa shape index (κ2) is 8.16. The van der Waals surface area contributed by atoms with E-state index in [-0.39, 0.29) is 30.5 Å². The number of fused-ring (bicyclic) bond motifs is 2. The number of alkyl halides is 3. The van der Waals surface area contributed by atoms with Crippen LogP contribution in [0.2, 0.25) is 0 Å². The van der Waals surface area contributed by atoms with E-state index in [9.17, 15) is 13.2 Å². The fourth-order valence-electron chi connectivity index (χ4n) is 4.96. The van der Waals surface area contributed by atoms with Crippen molar-refractivity contribution in [2.24, 2.45) is 0 Å². The van der Waals surface area contributed by atoms with Crippen LogP contribution in [0.1, 0.15) is 48.7 Å². The van der Waals surface area contributed by atoms with E-state index >= 15 is 0 Å². The molecule has 3 aliphatic rings. The minimum Gasteiger partial charge on any atom is -0.491 e. The summed E-state index contributed by atoms with van der Waals surface area (Å²) in [6.45, 7) is 4.35. The molecule has 3 aromatic rings. The van der Waals surface area contributed by atoms with E-state index in [1.54, 1.807) is 0 Å². The Balaban J connectivity index is 1.39. The van der Waals surface area contributed by atoms with Crippen LogP contribution in [0.3, 0.4) is 0 Å². The molecule has 34 heavy (non-hydrogen) atoms. The highest BCUT2D eigenvalue weighted by Crippen LogP contribution is 2.44. The molecule has 3 atom stereocenters. The number of para-hydroxylation sites is 1. The zero-order valence-electron chi connectivity index (χ0n) is 18.8. The first-order chi connectivity index (χ1) is 16.4. The molecule has 6 nitrogen and oxygen atoms in total. The molecule has 1 N–H and O–H groups in total. The Labute approximate surface area is 195 Å². The van der Waals surface area contributed by atoms with Crippen molar-refractivity contribution in [1.29, 1.82) is 0 Å². The molecular formula is C25H26F3N3O3. The van der Waals surface area contributed by atoms with Gasteiger partial charge in [-0.05, 0) is 44.0 Å². The fourth-order valence-corrected chi connectivity index (χ4v) is 4.96. The maximum Gasteiger partial charge on any atom is 0.416 e. The number of benzene rings is 2. The average Bonchev–Trinajstić information content (AvgIpc) is 3.57. The van der Waals surface area contributed by atoms with Crippen molar-refractivity contribution in [2.75, 3.05) is 31.6 Å². The predicted octanol–water partition coefficient (Wildman–Crippen LogP) is 5.36. The summed E-state index contributed by atoms with van der Waals surface area (Å²) in [7, 11) is 0. The summed E-state index contributed by atoms with van der Waals surface area (Å²) in [6, 6.07) is 9.15. The molecule has 2 aromatic carbocycles. The van der Waals surface area contributed by atoms with Crippen molar-refractivity contribution in [1.82, 2.24) is 9.88 Å². The van der Waals surface area contributed by atoms with Crippen LogP contribution in [-0.4, -0.2) is 48.3 Å². The molecule has 9 heteroatoms. The first-order valence-electron chi connectivity index (χ1n) is 11.7. The van der Waals surface area contributed by atoms with Crippen molar-refractivity contribution >= 4 is 16.8 Å². The smallest absolute Gasteiger partial charge is 0.416 e. The number of hydrogen-bond acceptors (Lipinski definition) is 6. The van der Waals surface area contributed by atoms with Crippen LogP contribution < -0.4 is 10.1 Å². The van der Waals surface area contributed by atoms with Gasteiger partial charge in [-0.15, -0.1) is 0 Å². The average molecular weight is 473 g/mol. The number of oxazole rings is 1. The van der Waals surface area contributed by atoms with Gasteiger partial charge < -0.3 is 19.2 Å². The van der Waals surface area contributed by atoms with Gasteiger partial charge in [0.25, 0.3) is 0 Å². The molecule has 2 aliphatic heterocycles. The van der Waals surface area contributed by atoms with Crippen LogP contribution in [0.4, 0.5) is 18.9 Å². The lowest BCUT2D eigenvalue weighted by Crippen LogP contribution is -2.54. The van der Waals surface area contributed by atoms with Crippen molar-refractivity contribution in [2.45, 2.75) is 50.0 Å². The molecular weight excluding hydrogens is 447 g/mol. The molecule has 3 heterocycles. The molecule has 0 spiro atoms. The Hall–Kier alpha value is -2.78. The normalized spacial score (nSPS) is 25.7. The maximum atomic E-state index is 13.3. The van der Waals surface area contributed by atoms with E-state index in [1.807, 2.05) is 25.1 Å². The minimum atomic E-state index is -4.43. The van der Waals surface area contributed by atoms with Crippen LogP contribution in [0.25, 0.3) is 11.1 Å². The minimum absolute atomic E-state index is 0.0715. The highest BCUT2D eigenvalue weighted by atomic mass is 19.4.